The molecule has 1 aliphatic rings. The summed E-state index contributed by atoms with van der Waals surface area (Å²) in [6, 6.07) is -2.91. The number of nitrogens with one attached hydrogen (secondary N) is 1. The second-order valence-electron chi connectivity index (χ2n) is 2.19. The molecule has 0 bridgehead atoms. The average Bonchev–Trinajstić information content (AvgIpc) is 2.62. The molecule has 0 aromatic rings. The van der Waals surface area contributed by atoms with Gasteiger partial charge in [-0.1, -0.05) is 0 Å². The van der Waals surface area contributed by atoms with Crippen LogP contribution < -0.4 is 5.32 Å². The van der Waals surface area contributed by atoms with Crippen LogP contribution in [0.3, 0.4) is 0 Å². The molecule has 1 fully saturated rings. The van der Waals surface area contributed by atoms with E-state index in [9.17, 15) is 18.0 Å². The highest BCUT2D eigenvalue weighted by atomic mass is 19.4. The number of methoxy groups -OCH3 is 1. The molecule has 6 heteroatoms. The number of rotatable bonds is 1. The van der Waals surface area contributed by atoms with Crippen molar-refractivity contribution in [1.82, 2.24) is 5.32 Å². The molecule has 0 spiro atoms. The minimum atomic E-state index is -4.35. The lowest BCUT2D eigenvalue weighted by Gasteiger charge is -2.00. The van der Waals surface area contributed by atoms with Gasteiger partial charge in [-0.15, -0.1) is 0 Å². The maximum absolute atomic E-state index is 11.7. The molecule has 1 heterocycles. The first kappa shape index (κ1) is 8.32. The van der Waals surface area contributed by atoms with Gasteiger partial charge < -0.3 is 4.74 Å². The number of halogens is 3. The molecule has 0 unspecified atom stereocenters. The molecule has 64 valence electrons. The van der Waals surface area contributed by atoms with Crippen molar-refractivity contribution in [1.29, 1.82) is 0 Å². The van der Waals surface area contributed by atoms with Gasteiger partial charge in [-0.2, -0.15) is 13.2 Å². The molecular weight excluding hydrogens is 163 g/mol. The standard InChI is InChI=1S/C5H6F3NO2/c1-11-4(10)2-3(9-2)5(6,7)8/h2-3,9H,1H3/t2-,3-/m1/s1. The van der Waals surface area contributed by atoms with Crippen molar-refractivity contribution < 1.29 is 22.7 Å². The maximum Gasteiger partial charge on any atom is 0.405 e. The van der Waals surface area contributed by atoms with Crippen molar-refractivity contribution in [3.8, 4) is 0 Å². The summed E-state index contributed by atoms with van der Waals surface area (Å²) in [7, 11) is 1.05. The lowest BCUT2D eigenvalue weighted by atomic mass is 10.3. The summed E-state index contributed by atoms with van der Waals surface area (Å²) in [6.07, 6.45) is -4.35. The Morgan fingerprint density at radius 2 is 2.09 bits per heavy atom. The van der Waals surface area contributed by atoms with Crippen LogP contribution in [0.2, 0.25) is 0 Å². The van der Waals surface area contributed by atoms with Crippen molar-refractivity contribution in [2.75, 3.05) is 7.11 Å². The average molecular weight is 169 g/mol. The maximum atomic E-state index is 11.7. The number of hydrogen-bond acceptors (Lipinski definition) is 3. The molecule has 2 atom stereocenters. The van der Waals surface area contributed by atoms with Gasteiger partial charge in [-0.25, -0.2) is 0 Å². The highest BCUT2D eigenvalue weighted by Crippen LogP contribution is 2.31. The third kappa shape index (κ3) is 1.62. The molecule has 3 nitrogen and oxygen atoms in total. The van der Waals surface area contributed by atoms with E-state index in [0.29, 0.717) is 0 Å². The number of carbonyl (C=O) groups excluding carboxylic acids is 1. The van der Waals surface area contributed by atoms with Crippen molar-refractivity contribution >= 4 is 5.97 Å². The van der Waals surface area contributed by atoms with E-state index in [2.05, 4.69) is 4.74 Å². The molecule has 0 amide bonds. The highest BCUT2D eigenvalue weighted by molar-refractivity contribution is 5.80. The predicted octanol–water partition coefficient (Wildman–Crippen LogP) is 0.0621. The largest absolute Gasteiger partial charge is 0.468 e. The summed E-state index contributed by atoms with van der Waals surface area (Å²) in [5.41, 5.74) is 0. The van der Waals surface area contributed by atoms with E-state index in [4.69, 9.17) is 0 Å². The minimum Gasteiger partial charge on any atom is -0.468 e. The smallest absolute Gasteiger partial charge is 0.405 e. The molecule has 1 saturated heterocycles. The van der Waals surface area contributed by atoms with Crippen LogP contribution in [-0.2, 0) is 9.53 Å². The number of ether oxygens (including phenoxy) is 1. The summed E-state index contributed by atoms with van der Waals surface area (Å²) in [5, 5.41) is 1.96. The fraction of sp³-hybridized carbons (Fsp3) is 0.800. The highest BCUT2D eigenvalue weighted by Gasteiger charge is 2.59. The first-order valence-corrected chi connectivity index (χ1v) is 2.87. The Morgan fingerprint density at radius 1 is 1.55 bits per heavy atom. The summed E-state index contributed by atoms with van der Waals surface area (Å²) in [4.78, 5) is 10.4. The minimum absolute atomic E-state index is 0.868. The van der Waals surface area contributed by atoms with Gasteiger partial charge in [0.25, 0.3) is 0 Å². The van der Waals surface area contributed by atoms with Gasteiger partial charge in [0, 0.05) is 0 Å². The molecule has 1 N–H and O–H groups in total. The summed E-state index contributed by atoms with van der Waals surface area (Å²) < 4.78 is 39.2. The third-order valence-electron chi connectivity index (χ3n) is 1.39. The molecule has 0 aromatic carbocycles. The molecule has 1 rings (SSSR count). The van der Waals surface area contributed by atoms with E-state index in [0.717, 1.165) is 7.11 Å². The molecule has 0 aromatic heterocycles. The Morgan fingerprint density at radius 3 is 2.36 bits per heavy atom. The van der Waals surface area contributed by atoms with Crippen LogP contribution >= 0.6 is 0 Å². The van der Waals surface area contributed by atoms with Gasteiger partial charge in [-0.05, 0) is 0 Å². The van der Waals surface area contributed by atoms with Crippen LogP contribution in [-0.4, -0.2) is 31.3 Å². The Labute approximate surface area is 60.5 Å². The molecule has 0 radical (unpaired) electrons. The molecular formula is C5H6F3NO2. The summed E-state index contributed by atoms with van der Waals surface area (Å²) in [6.45, 7) is 0. The zero-order chi connectivity index (χ0) is 8.65. The van der Waals surface area contributed by atoms with E-state index < -0.39 is 24.2 Å². The lowest BCUT2D eigenvalue weighted by Crippen LogP contribution is -2.23. The topological polar surface area (TPSA) is 48.2 Å². The third-order valence-corrected chi connectivity index (χ3v) is 1.39. The van der Waals surface area contributed by atoms with E-state index in [1.807, 2.05) is 5.32 Å². The van der Waals surface area contributed by atoms with Crippen LogP contribution in [0.5, 0.6) is 0 Å². The van der Waals surface area contributed by atoms with Gasteiger partial charge in [0.2, 0.25) is 0 Å². The van der Waals surface area contributed by atoms with Crippen molar-refractivity contribution in [3.05, 3.63) is 0 Å². The van der Waals surface area contributed by atoms with Gasteiger partial charge in [0.15, 0.2) is 0 Å². The van der Waals surface area contributed by atoms with Crippen molar-refractivity contribution in [2.45, 2.75) is 18.3 Å². The predicted molar refractivity (Wildman–Crippen MR) is 28.8 cm³/mol. The van der Waals surface area contributed by atoms with E-state index >= 15 is 0 Å². The van der Waals surface area contributed by atoms with Crippen molar-refractivity contribution in [2.24, 2.45) is 0 Å². The monoisotopic (exact) mass is 169 g/mol. The van der Waals surface area contributed by atoms with Gasteiger partial charge in [0.1, 0.15) is 12.1 Å². The van der Waals surface area contributed by atoms with E-state index in [1.165, 1.54) is 0 Å². The number of carbonyl (C=O) groups is 1. The quantitative estimate of drug-likeness (QED) is 0.446. The summed E-state index contributed by atoms with van der Waals surface area (Å²) in [5.74, 6) is -0.868. The first-order valence-electron chi connectivity index (χ1n) is 2.87. The van der Waals surface area contributed by atoms with Crippen LogP contribution in [0.25, 0.3) is 0 Å². The van der Waals surface area contributed by atoms with Crippen LogP contribution in [0.15, 0.2) is 0 Å². The van der Waals surface area contributed by atoms with Crippen LogP contribution in [0.4, 0.5) is 13.2 Å². The molecule has 0 aliphatic carbocycles. The fourth-order valence-electron chi connectivity index (χ4n) is 0.752. The fourth-order valence-corrected chi connectivity index (χ4v) is 0.752. The van der Waals surface area contributed by atoms with Gasteiger partial charge >= 0.3 is 12.1 Å². The Balaban J connectivity index is 2.44. The van der Waals surface area contributed by atoms with E-state index in [1.54, 1.807) is 0 Å². The molecule has 11 heavy (non-hydrogen) atoms. The first-order chi connectivity index (χ1) is 4.96. The zero-order valence-corrected chi connectivity index (χ0v) is 5.61. The number of alkyl halides is 3. The lowest BCUT2D eigenvalue weighted by molar-refractivity contribution is -0.147. The number of esters is 1. The van der Waals surface area contributed by atoms with E-state index in [-0.39, 0.29) is 0 Å². The Hall–Kier alpha value is -0.780. The van der Waals surface area contributed by atoms with Crippen molar-refractivity contribution in [3.63, 3.8) is 0 Å². The van der Waals surface area contributed by atoms with Crippen LogP contribution in [0, 0.1) is 0 Å². The second-order valence-corrected chi connectivity index (χ2v) is 2.19. The molecule has 1 aliphatic heterocycles. The zero-order valence-electron chi connectivity index (χ0n) is 5.61. The SMILES string of the molecule is COC(=O)[C@@H]1N[C@H]1C(F)(F)F. The Bertz CT molecular complexity index is 179. The Kier molecular flexibility index (Phi) is 1.79. The van der Waals surface area contributed by atoms with Gasteiger partial charge in [0.05, 0.1) is 7.11 Å². The van der Waals surface area contributed by atoms with Crippen LogP contribution in [0.1, 0.15) is 0 Å². The summed E-state index contributed by atoms with van der Waals surface area (Å²) >= 11 is 0. The van der Waals surface area contributed by atoms with Gasteiger partial charge in [-0.3, -0.25) is 10.1 Å². The second kappa shape index (κ2) is 2.37. The normalized spacial score (nSPS) is 29.8. The number of hydrogen-bond donors (Lipinski definition) is 1. The molecule has 0 saturated carbocycles.